The number of aromatic nitrogens is 2. The summed E-state index contributed by atoms with van der Waals surface area (Å²) in [5.41, 5.74) is -0.835. The van der Waals surface area contributed by atoms with Crippen LogP contribution in [0.25, 0.3) is 10.9 Å². The Kier molecular flexibility index (Phi) is 5.35. The second kappa shape index (κ2) is 7.87. The molecule has 144 valence electrons. The van der Waals surface area contributed by atoms with E-state index in [4.69, 9.17) is 4.74 Å². The average Bonchev–Trinajstić information content (AvgIpc) is 2.68. The van der Waals surface area contributed by atoms with Crippen molar-refractivity contribution < 1.29 is 9.66 Å². The molecule has 2 aromatic carbocycles. The van der Waals surface area contributed by atoms with Gasteiger partial charge in [-0.1, -0.05) is 25.1 Å². The summed E-state index contributed by atoms with van der Waals surface area (Å²) in [6.45, 7) is 3.68. The van der Waals surface area contributed by atoms with Crippen LogP contribution in [0.1, 0.15) is 25.8 Å². The lowest BCUT2D eigenvalue weighted by Gasteiger charge is -2.14. The van der Waals surface area contributed by atoms with Crippen LogP contribution >= 0.6 is 0 Å². The minimum Gasteiger partial charge on any atom is -0.483 e. The Morgan fingerprint density at radius 1 is 1.25 bits per heavy atom. The van der Waals surface area contributed by atoms with Gasteiger partial charge in [0.2, 0.25) is 5.75 Å². The van der Waals surface area contributed by atoms with Crippen LogP contribution in [0.3, 0.4) is 0 Å². The van der Waals surface area contributed by atoms with E-state index in [2.05, 4.69) is 10.1 Å². The number of nitro benzene ring substituents is 1. The SMILES string of the molecule is CC[C@H](C)Oc1c(C=Nn2c(=O)[nH]c3ccccc3c2=O)cccc1[N+](=O)[O-]. The fourth-order valence-corrected chi connectivity index (χ4v) is 2.58. The number of rotatable bonds is 6. The zero-order chi connectivity index (χ0) is 20.3. The molecule has 1 heterocycles. The standard InChI is InChI=1S/C19H18N4O5/c1-3-12(2)28-17-13(7-6-10-16(17)23(26)27)11-20-22-18(24)14-8-4-5-9-15(14)21-19(22)25/h4-12H,3H2,1-2H3,(H,21,25)/t12-/m0/s1. The molecule has 0 fully saturated rings. The summed E-state index contributed by atoms with van der Waals surface area (Å²) in [6.07, 6.45) is 1.59. The minimum atomic E-state index is -0.713. The largest absolute Gasteiger partial charge is 0.483 e. The third-order valence-electron chi connectivity index (χ3n) is 4.21. The Balaban J connectivity index is 2.12. The number of hydrogen-bond acceptors (Lipinski definition) is 6. The van der Waals surface area contributed by atoms with Crippen LogP contribution in [0.5, 0.6) is 5.75 Å². The predicted octanol–water partition coefficient (Wildman–Crippen LogP) is 2.66. The summed E-state index contributed by atoms with van der Waals surface area (Å²) in [4.78, 5) is 38.1. The highest BCUT2D eigenvalue weighted by molar-refractivity contribution is 5.86. The molecule has 9 heteroatoms. The zero-order valence-electron chi connectivity index (χ0n) is 15.3. The number of nitro groups is 1. The molecule has 0 aliphatic heterocycles. The number of nitrogens with zero attached hydrogens (tertiary/aromatic N) is 3. The summed E-state index contributed by atoms with van der Waals surface area (Å²) in [6, 6.07) is 10.9. The van der Waals surface area contributed by atoms with Crippen LogP contribution in [0.2, 0.25) is 0 Å². The molecule has 0 bridgehead atoms. The van der Waals surface area contributed by atoms with Crippen molar-refractivity contribution in [1.82, 2.24) is 9.66 Å². The second-order valence-electron chi connectivity index (χ2n) is 6.13. The predicted molar refractivity (Wildman–Crippen MR) is 105 cm³/mol. The Morgan fingerprint density at radius 2 is 2.00 bits per heavy atom. The Morgan fingerprint density at radius 3 is 2.71 bits per heavy atom. The maximum absolute atomic E-state index is 12.5. The van der Waals surface area contributed by atoms with Crippen molar-refractivity contribution >= 4 is 22.8 Å². The highest BCUT2D eigenvalue weighted by Gasteiger charge is 2.20. The molecule has 1 N–H and O–H groups in total. The van der Waals surface area contributed by atoms with Crippen molar-refractivity contribution in [2.24, 2.45) is 5.10 Å². The number of hydrogen-bond donors (Lipinski definition) is 1. The first-order valence-corrected chi connectivity index (χ1v) is 8.64. The van der Waals surface area contributed by atoms with Crippen molar-refractivity contribution in [3.63, 3.8) is 0 Å². The van der Waals surface area contributed by atoms with Crippen molar-refractivity contribution in [2.45, 2.75) is 26.4 Å². The van der Waals surface area contributed by atoms with Gasteiger partial charge in [0.15, 0.2) is 0 Å². The van der Waals surface area contributed by atoms with Gasteiger partial charge < -0.3 is 9.72 Å². The average molecular weight is 382 g/mol. The maximum atomic E-state index is 12.5. The molecule has 0 saturated carbocycles. The molecular formula is C19H18N4O5. The molecule has 0 unspecified atom stereocenters. The topological polar surface area (TPSA) is 120 Å². The number of nitrogens with one attached hydrogen (secondary N) is 1. The normalized spacial score (nSPS) is 12.4. The minimum absolute atomic E-state index is 0.0378. The lowest BCUT2D eigenvalue weighted by molar-refractivity contribution is -0.386. The van der Waals surface area contributed by atoms with Crippen molar-refractivity contribution in [3.05, 3.63) is 79.0 Å². The maximum Gasteiger partial charge on any atom is 0.349 e. The number of H-pyrrole nitrogens is 1. The molecule has 0 aliphatic rings. The van der Waals surface area contributed by atoms with Crippen LogP contribution in [0.15, 0.2) is 57.2 Å². The van der Waals surface area contributed by atoms with Crippen molar-refractivity contribution in [2.75, 3.05) is 0 Å². The van der Waals surface area contributed by atoms with E-state index in [1.165, 1.54) is 18.3 Å². The lowest BCUT2D eigenvalue weighted by Crippen LogP contribution is -2.32. The van der Waals surface area contributed by atoms with E-state index in [9.17, 15) is 19.7 Å². The fourth-order valence-electron chi connectivity index (χ4n) is 2.58. The van der Waals surface area contributed by atoms with E-state index in [-0.39, 0.29) is 23.1 Å². The third kappa shape index (κ3) is 3.68. The van der Waals surface area contributed by atoms with Gasteiger partial charge in [-0.3, -0.25) is 14.9 Å². The van der Waals surface area contributed by atoms with Gasteiger partial charge in [-0.2, -0.15) is 5.10 Å². The number of benzene rings is 2. The summed E-state index contributed by atoms with van der Waals surface area (Å²) < 4.78 is 6.37. The number of ether oxygens (including phenoxy) is 1. The molecule has 28 heavy (non-hydrogen) atoms. The van der Waals surface area contributed by atoms with Crippen LogP contribution in [0, 0.1) is 10.1 Å². The smallest absolute Gasteiger partial charge is 0.349 e. The van der Waals surface area contributed by atoms with Gasteiger partial charge in [0, 0.05) is 11.6 Å². The van der Waals surface area contributed by atoms with E-state index in [1.54, 1.807) is 37.3 Å². The summed E-state index contributed by atoms with van der Waals surface area (Å²) in [5, 5.41) is 15.6. The highest BCUT2D eigenvalue weighted by Crippen LogP contribution is 2.31. The van der Waals surface area contributed by atoms with E-state index in [0.717, 1.165) is 0 Å². The molecule has 0 spiro atoms. The molecule has 0 radical (unpaired) electrons. The van der Waals surface area contributed by atoms with Crippen molar-refractivity contribution in [3.8, 4) is 5.75 Å². The molecule has 9 nitrogen and oxygen atoms in total. The summed E-state index contributed by atoms with van der Waals surface area (Å²) >= 11 is 0. The van der Waals surface area contributed by atoms with E-state index in [0.29, 0.717) is 22.0 Å². The Labute approximate surface area is 159 Å². The van der Waals surface area contributed by atoms with Gasteiger partial charge in [-0.25, -0.2) is 4.79 Å². The van der Waals surface area contributed by atoms with E-state index >= 15 is 0 Å². The molecule has 1 aromatic heterocycles. The molecule has 0 amide bonds. The van der Waals surface area contributed by atoms with E-state index in [1.807, 2.05) is 6.92 Å². The summed E-state index contributed by atoms with van der Waals surface area (Å²) in [7, 11) is 0. The van der Waals surface area contributed by atoms with E-state index < -0.39 is 16.2 Å². The third-order valence-corrected chi connectivity index (χ3v) is 4.21. The fraction of sp³-hybridized carbons (Fsp3) is 0.211. The number of fused-ring (bicyclic) bond motifs is 1. The first-order chi connectivity index (χ1) is 13.4. The highest BCUT2D eigenvalue weighted by atomic mass is 16.6. The molecule has 3 aromatic rings. The quantitative estimate of drug-likeness (QED) is 0.399. The first-order valence-electron chi connectivity index (χ1n) is 8.64. The molecule has 3 rings (SSSR count). The van der Waals surface area contributed by atoms with Crippen LogP contribution in [-0.2, 0) is 0 Å². The monoisotopic (exact) mass is 382 g/mol. The van der Waals surface area contributed by atoms with Crippen LogP contribution in [0.4, 0.5) is 5.69 Å². The summed E-state index contributed by atoms with van der Waals surface area (Å²) in [5.74, 6) is 0.0378. The molecule has 1 atom stereocenters. The van der Waals surface area contributed by atoms with Gasteiger partial charge in [0.25, 0.3) is 5.56 Å². The number of aromatic amines is 1. The van der Waals surface area contributed by atoms with Gasteiger partial charge in [-0.15, -0.1) is 4.68 Å². The molecular weight excluding hydrogens is 364 g/mol. The second-order valence-corrected chi connectivity index (χ2v) is 6.13. The lowest BCUT2D eigenvalue weighted by atomic mass is 10.2. The van der Waals surface area contributed by atoms with Crippen LogP contribution < -0.4 is 16.0 Å². The van der Waals surface area contributed by atoms with Gasteiger partial charge in [0.05, 0.1) is 28.1 Å². The van der Waals surface area contributed by atoms with Crippen LogP contribution in [-0.4, -0.2) is 26.9 Å². The van der Waals surface area contributed by atoms with Gasteiger partial charge in [-0.05, 0) is 31.5 Å². The van der Waals surface area contributed by atoms with Gasteiger partial charge >= 0.3 is 11.4 Å². The number of para-hydroxylation sites is 2. The van der Waals surface area contributed by atoms with Crippen molar-refractivity contribution in [1.29, 1.82) is 0 Å². The molecule has 0 aliphatic carbocycles. The Hall–Kier alpha value is -3.75. The zero-order valence-corrected chi connectivity index (χ0v) is 15.3. The molecule has 0 saturated heterocycles. The first kappa shape index (κ1) is 19.0. The Bertz CT molecular complexity index is 1180. The van der Waals surface area contributed by atoms with Gasteiger partial charge in [0.1, 0.15) is 0 Å².